The molecule has 32 heavy (non-hydrogen) atoms. The van der Waals surface area contributed by atoms with Gasteiger partial charge in [0.1, 0.15) is 11.8 Å². The first-order chi connectivity index (χ1) is 15.4. The van der Waals surface area contributed by atoms with Crippen LogP contribution < -0.4 is 15.4 Å². The lowest BCUT2D eigenvalue weighted by Gasteiger charge is -2.36. The molecule has 7 nitrogen and oxygen atoms in total. The first-order valence-electron chi connectivity index (χ1n) is 11.0. The summed E-state index contributed by atoms with van der Waals surface area (Å²) < 4.78 is 5.22. The molecule has 2 atom stereocenters. The number of carbonyl (C=O) groups is 3. The summed E-state index contributed by atoms with van der Waals surface area (Å²) in [6.45, 7) is 5.02. The van der Waals surface area contributed by atoms with Gasteiger partial charge in [-0.15, -0.1) is 11.3 Å². The Morgan fingerprint density at radius 2 is 1.91 bits per heavy atom. The molecular formula is C24H31N3O4S. The molecule has 0 saturated carbocycles. The van der Waals surface area contributed by atoms with E-state index in [1.54, 1.807) is 42.3 Å². The van der Waals surface area contributed by atoms with E-state index in [2.05, 4.69) is 10.6 Å². The summed E-state index contributed by atoms with van der Waals surface area (Å²) in [4.78, 5) is 41.0. The third-order valence-electron chi connectivity index (χ3n) is 5.93. The molecule has 0 aliphatic carbocycles. The highest BCUT2D eigenvalue weighted by molar-refractivity contribution is 7.12. The molecule has 172 valence electrons. The van der Waals surface area contributed by atoms with Crippen molar-refractivity contribution in [3.05, 3.63) is 52.2 Å². The Labute approximate surface area is 193 Å². The summed E-state index contributed by atoms with van der Waals surface area (Å²) in [5.74, 6) is 0.146. The molecule has 1 fully saturated rings. The molecule has 0 unspecified atom stereocenters. The summed E-state index contributed by atoms with van der Waals surface area (Å²) in [6, 6.07) is 10.1. The van der Waals surface area contributed by atoms with E-state index in [1.165, 1.54) is 11.3 Å². The molecule has 1 aromatic heterocycles. The van der Waals surface area contributed by atoms with Crippen molar-refractivity contribution >= 4 is 29.1 Å². The average molecular weight is 458 g/mol. The van der Waals surface area contributed by atoms with Crippen molar-refractivity contribution in [2.24, 2.45) is 5.92 Å². The molecule has 1 aromatic carbocycles. The van der Waals surface area contributed by atoms with Gasteiger partial charge in [0, 0.05) is 24.7 Å². The number of hydrogen-bond acceptors (Lipinski definition) is 5. The molecule has 1 aliphatic heterocycles. The topological polar surface area (TPSA) is 87.7 Å². The molecule has 0 radical (unpaired) electrons. The molecule has 2 heterocycles. The van der Waals surface area contributed by atoms with Crippen LogP contribution >= 0.6 is 11.3 Å². The van der Waals surface area contributed by atoms with Gasteiger partial charge in [-0.05, 0) is 61.7 Å². The van der Waals surface area contributed by atoms with Gasteiger partial charge in [0.2, 0.25) is 5.91 Å². The van der Waals surface area contributed by atoms with Crippen LogP contribution in [-0.4, -0.2) is 54.9 Å². The van der Waals surface area contributed by atoms with Crippen LogP contribution in [0.1, 0.15) is 53.1 Å². The van der Waals surface area contributed by atoms with Gasteiger partial charge in [-0.25, -0.2) is 0 Å². The lowest BCUT2D eigenvalue weighted by Crippen LogP contribution is -2.55. The fourth-order valence-corrected chi connectivity index (χ4v) is 4.45. The minimum absolute atomic E-state index is 0.0263. The van der Waals surface area contributed by atoms with Crippen LogP contribution in [0.15, 0.2) is 41.8 Å². The van der Waals surface area contributed by atoms with Crippen LogP contribution in [0.5, 0.6) is 5.75 Å². The standard InChI is InChI=1S/C24H31N3O4S/c1-4-16(2)25-23(29)21(26-22(28)20-9-6-14-32-20)17-10-12-27(13-11-17)24(30)18-7-5-8-19(15-18)31-3/h5-9,14-17,21H,4,10-13H2,1-3H3,(H,25,29)(H,26,28)/t16-,21+/m0/s1. The number of ether oxygens (including phenoxy) is 1. The molecule has 3 amide bonds. The maximum absolute atomic E-state index is 13.0. The van der Waals surface area contributed by atoms with Crippen molar-refractivity contribution in [1.29, 1.82) is 0 Å². The second-order valence-corrected chi connectivity index (χ2v) is 9.06. The average Bonchev–Trinajstić information content (AvgIpc) is 3.37. The van der Waals surface area contributed by atoms with E-state index in [0.29, 0.717) is 42.1 Å². The van der Waals surface area contributed by atoms with Gasteiger partial charge >= 0.3 is 0 Å². The Bertz CT molecular complexity index is 923. The van der Waals surface area contributed by atoms with Crippen molar-refractivity contribution in [3.63, 3.8) is 0 Å². The number of benzene rings is 1. The van der Waals surface area contributed by atoms with Crippen LogP contribution in [0.25, 0.3) is 0 Å². The SMILES string of the molecule is CC[C@H](C)NC(=O)[C@H](NC(=O)c1cccs1)C1CCN(C(=O)c2cccc(OC)c2)CC1. The number of nitrogens with zero attached hydrogens (tertiary/aromatic N) is 1. The van der Waals surface area contributed by atoms with Crippen LogP contribution in [0, 0.1) is 5.92 Å². The number of piperidine rings is 1. The largest absolute Gasteiger partial charge is 0.497 e. The minimum atomic E-state index is -0.632. The lowest BCUT2D eigenvalue weighted by molar-refractivity contribution is -0.125. The van der Waals surface area contributed by atoms with Crippen LogP contribution in [0.2, 0.25) is 0 Å². The molecule has 1 saturated heterocycles. The normalized spacial score (nSPS) is 16.2. The summed E-state index contributed by atoms with van der Waals surface area (Å²) in [7, 11) is 1.57. The third-order valence-corrected chi connectivity index (χ3v) is 6.80. The predicted molar refractivity (Wildman–Crippen MR) is 125 cm³/mol. The second kappa shape index (κ2) is 11.1. The number of thiophene rings is 1. The fraction of sp³-hybridized carbons (Fsp3) is 0.458. The number of hydrogen-bond donors (Lipinski definition) is 2. The van der Waals surface area contributed by atoms with E-state index >= 15 is 0 Å². The van der Waals surface area contributed by atoms with Gasteiger partial charge in [0.25, 0.3) is 11.8 Å². The Hall–Kier alpha value is -2.87. The first kappa shape index (κ1) is 23.8. The Morgan fingerprint density at radius 1 is 1.16 bits per heavy atom. The number of carbonyl (C=O) groups excluding carboxylic acids is 3. The number of rotatable bonds is 8. The van der Waals surface area contributed by atoms with E-state index in [0.717, 1.165) is 6.42 Å². The van der Waals surface area contributed by atoms with E-state index in [9.17, 15) is 14.4 Å². The number of nitrogens with one attached hydrogen (secondary N) is 2. The minimum Gasteiger partial charge on any atom is -0.497 e. The van der Waals surface area contributed by atoms with Crippen LogP contribution in [0.4, 0.5) is 0 Å². The third kappa shape index (κ3) is 5.88. The zero-order chi connectivity index (χ0) is 23.1. The fourth-order valence-electron chi connectivity index (χ4n) is 3.83. The van der Waals surface area contributed by atoms with Gasteiger partial charge in [-0.2, -0.15) is 0 Å². The molecular weight excluding hydrogens is 426 g/mol. The van der Waals surface area contributed by atoms with Gasteiger partial charge in [0.15, 0.2) is 0 Å². The second-order valence-electron chi connectivity index (χ2n) is 8.11. The zero-order valence-electron chi connectivity index (χ0n) is 18.8. The number of amides is 3. The molecule has 1 aliphatic rings. The van der Waals surface area contributed by atoms with Crippen molar-refractivity contribution in [2.75, 3.05) is 20.2 Å². The summed E-state index contributed by atoms with van der Waals surface area (Å²) in [5, 5.41) is 7.79. The smallest absolute Gasteiger partial charge is 0.262 e. The lowest BCUT2D eigenvalue weighted by atomic mass is 9.88. The Kier molecular flexibility index (Phi) is 8.27. The van der Waals surface area contributed by atoms with E-state index < -0.39 is 6.04 Å². The first-order valence-corrected chi connectivity index (χ1v) is 11.9. The molecule has 2 aromatic rings. The highest BCUT2D eigenvalue weighted by Gasteiger charge is 2.34. The van der Waals surface area contributed by atoms with E-state index in [1.807, 2.05) is 25.3 Å². The van der Waals surface area contributed by atoms with Crippen LogP contribution in [-0.2, 0) is 4.79 Å². The maximum Gasteiger partial charge on any atom is 0.262 e. The predicted octanol–water partition coefficient (Wildman–Crippen LogP) is 3.32. The van der Waals surface area contributed by atoms with Gasteiger partial charge in [-0.3, -0.25) is 14.4 Å². The maximum atomic E-state index is 13.0. The molecule has 8 heteroatoms. The molecule has 3 rings (SSSR count). The van der Waals surface area contributed by atoms with Crippen molar-refractivity contribution in [2.45, 2.75) is 45.2 Å². The van der Waals surface area contributed by atoms with Gasteiger partial charge < -0.3 is 20.3 Å². The van der Waals surface area contributed by atoms with Crippen molar-refractivity contribution in [3.8, 4) is 5.75 Å². The highest BCUT2D eigenvalue weighted by Crippen LogP contribution is 2.24. The van der Waals surface area contributed by atoms with Gasteiger partial charge in [-0.1, -0.05) is 19.1 Å². The quantitative estimate of drug-likeness (QED) is 0.637. The number of methoxy groups -OCH3 is 1. The van der Waals surface area contributed by atoms with Crippen LogP contribution in [0.3, 0.4) is 0 Å². The Balaban J connectivity index is 1.67. The summed E-state index contributed by atoms with van der Waals surface area (Å²) in [6.07, 6.45) is 2.09. The van der Waals surface area contributed by atoms with Gasteiger partial charge in [0.05, 0.1) is 12.0 Å². The van der Waals surface area contributed by atoms with E-state index in [4.69, 9.17) is 4.74 Å². The molecule has 0 bridgehead atoms. The molecule has 2 N–H and O–H groups in total. The Morgan fingerprint density at radius 3 is 2.53 bits per heavy atom. The summed E-state index contributed by atoms with van der Waals surface area (Å²) in [5.41, 5.74) is 0.583. The van der Waals surface area contributed by atoms with Crippen molar-refractivity contribution < 1.29 is 19.1 Å². The van der Waals surface area contributed by atoms with E-state index in [-0.39, 0.29) is 29.7 Å². The zero-order valence-corrected chi connectivity index (χ0v) is 19.6. The highest BCUT2D eigenvalue weighted by atomic mass is 32.1. The molecule has 0 spiro atoms. The summed E-state index contributed by atoms with van der Waals surface area (Å²) >= 11 is 1.35. The number of likely N-dealkylation sites (tertiary alicyclic amines) is 1. The van der Waals surface area contributed by atoms with Crippen molar-refractivity contribution in [1.82, 2.24) is 15.5 Å². The monoisotopic (exact) mass is 457 g/mol.